The molecular weight excluding hydrogens is 1880 g/mol. The van der Waals surface area contributed by atoms with Crippen molar-refractivity contribution in [2.45, 2.75) is 633 Å². The molecule has 0 bridgehead atoms. The van der Waals surface area contributed by atoms with Crippen LogP contribution >= 0.6 is 0 Å². The molecule has 2 amide bonds. The largest absolute Gasteiger partial charge is 0.466 e. The Bertz CT molecular complexity index is 3120. The summed E-state index contributed by atoms with van der Waals surface area (Å²) < 4.78 is 54.2. The first-order valence-electron chi connectivity index (χ1n) is 62.0. The van der Waals surface area contributed by atoms with Gasteiger partial charge in [0.2, 0.25) is 11.8 Å². The molecule has 0 spiro atoms. The fourth-order valence-corrected chi connectivity index (χ4v) is 24.3. The van der Waals surface area contributed by atoms with Gasteiger partial charge in [0.15, 0.2) is 33.3 Å². The molecular formula is C123H249N5O14Si4. The highest BCUT2D eigenvalue weighted by molar-refractivity contribution is 6.75. The molecule has 19 nitrogen and oxygen atoms in total. The zero-order valence-corrected chi connectivity index (χ0v) is 107. The summed E-state index contributed by atoms with van der Waals surface area (Å²) in [5, 5.41) is -0.0409. The van der Waals surface area contributed by atoms with E-state index in [-0.39, 0.29) is 105 Å². The van der Waals surface area contributed by atoms with Gasteiger partial charge in [-0.05, 0) is 228 Å². The highest BCUT2D eigenvalue weighted by Crippen LogP contribution is 2.43. The van der Waals surface area contributed by atoms with Crippen molar-refractivity contribution >= 4 is 69.0 Å². The highest BCUT2D eigenvalue weighted by Gasteiger charge is 2.44. The van der Waals surface area contributed by atoms with Gasteiger partial charge in [-0.3, -0.25) is 43.5 Å². The SMILES string of the molecule is CCCCCCCCCCCC(=O)OCCCC(CN(CCCCN(C)C(=O)CN(C)CC(=O)N(C)CCCCN(CC(CCCCCOC(=O)C(CCCCCCCC)CCCCCCCC)O[Si](C)(C)C(C)(C)C)CC(CCCCOC(=O)CCCCCCCCCC)O[Si](C)(C)C(C)(C)C)CC(CCCCCOC(=O)C(CCCCCCCC)CCCCCCCC)O[Si](C)(C)C(C)(C)C)O[Si](C)(C)C(C)(C)C. The topological polar surface area (TPSA) is 192 Å². The second-order valence-corrected chi connectivity index (χ2v) is 70.3. The number of unbranched alkanes of at least 4 members (excludes halogenated alkanes) is 42. The molecule has 0 heterocycles. The molecule has 0 aliphatic heterocycles. The zero-order chi connectivity index (χ0) is 110. The second kappa shape index (κ2) is 85.6. The number of amides is 2. The van der Waals surface area contributed by atoms with Gasteiger partial charge in [-0.25, -0.2) is 0 Å². The smallest absolute Gasteiger partial charge is 0.308 e. The molecule has 4 atom stereocenters. The van der Waals surface area contributed by atoms with Crippen LogP contribution < -0.4 is 0 Å². The van der Waals surface area contributed by atoms with Crippen LogP contribution in [0.4, 0.5) is 0 Å². The van der Waals surface area contributed by atoms with Crippen LogP contribution in [0.15, 0.2) is 0 Å². The van der Waals surface area contributed by atoms with Gasteiger partial charge in [0.05, 0.1) is 75.8 Å². The Morgan fingerprint density at radius 3 is 0.692 bits per heavy atom. The van der Waals surface area contributed by atoms with Crippen molar-refractivity contribution in [3.05, 3.63) is 0 Å². The second-order valence-electron chi connectivity index (χ2n) is 51.3. The number of esters is 4. The van der Waals surface area contributed by atoms with Crippen molar-refractivity contribution in [3.63, 3.8) is 0 Å². The highest BCUT2D eigenvalue weighted by atomic mass is 28.4. The maximum Gasteiger partial charge on any atom is 0.308 e. The molecule has 0 aliphatic rings. The van der Waals surface area contributed by atoms with E-state index < -0.39 is 33.3 Å². The van der Waals surface area contributed by atoms with Crippen LogP contribution in [0.2, 0.25) is 72.5 Å². The number of hydrogen-bond donors (Lipinski definition) is 0. The lowest BCUT2D eigenvalue weighted by Crippen LogP contribution is -2.50. The van der Waals surface area contributed by atoms with Crippen molar-refractivity contribution in [3.8, 4) is 0 Å². The fraction of sp³-hybridized carbons (Fsp3) is 0.951. The molecule has 23 heteroatoms. The quantitative estimate of drug-likeness (QED) is 0.0241. The number of hydrogen-bond acceptors (Lipinski definition) is 17. The van der Waals surface area contributed by atoms with Crippen LogP contribution in [0.5, 0.6) is 0 Å². The number of likely N-dealkylation sites (N-methyl/N-ethyl adjacent to an activating group) is 3. The molecule has 0 aliphatic carbocycles. The lowest BCUT2D eigenvalue weighted by Gasteiger charge is -2.42. The maximum absolute atomic E-state index is 14.4. The summed E-state index contributed by atoms with van der Waals surface area (Å²) in [5.41, 5.74) is 0. The lowest BCUT2D eigenvalue weighted by molar-refractivity contribution is -0.150. The molecule has 0 saturated carbocycles. The first-order valence-corrected chi connectivity index (χ1v) is 73.7. The fourth-order valence-electron chi connectivity index (χ4n) is 18.8. The number of carbonyl (C=O) groups is 6. The Hall–Kier alpha value is -2.59. The van der Waals surface area contributed by atoms with Crippen LogP contribution in [-0.2, 0) is 65.4 Å². The zero-order valence-electron chi connectivity index (χ0n) is 103. The summed E-state index contributed by atoms with van der Waals surface area (Å²) in [6.45, 7) is 68.0. The van der Waals surface area contributed by atoms with E-state index in [1.54, 1.807) is 0 Å². The maximum atomic E-state index is 14.4. The van der Waals surface area contributed by atoms with Crippen LogP contribution in [0.25, 0.3) is 0 Å². The molecule has 4 unspecified atom stereocenters. The van der Waals surface area contributed by atoms with E-state index in [1.807, 2.05) is 35.8 Å². The summed E-state index contributed by atoms with van der Waals surface area (Å²) in [6, 6.07) is 0. The van der Waals surface area contributed by atoms with Crippen LogP contribution in [0.3, 0.4) is 0 Å². The summed E-state index contributed by atoms with van der Waals surface area (Å²) in [7, 11) is -3.41. The Morgan fingerprint density at radius 2 is 0.432 bits per heavy atom. The average molecular weight is 2130 g/mol. The predicted molar refractivity (Wildman–Crippen MR) is 634 cm³/mol. The van der Waals surface area contributed by atoms with Gasteiger partial charge in [-0.1, -0.05) is 388 Å². The van der Waals surface area contributed by atoms with E-state index in [0.29, 0.717) is 65.3 Å². The molecule has 0 saturated heterocycles. The molecule has 0 aromatic rings. The minimum atomic E-state index is -2.29. The standard InChI is InChI=1S/C123H249N5O14Si4/c1-30-36-42-48-54-56-58-64-74-93-117(132)136-101-83-91-113(142-146(28,29)123(16,17)18)105-128(103-111(140-144(24,25)121(10,11)12)89-72-66-81-100-138-119(134)109(86-69-61-52-46-40-34-5)87-70-62-53-47-41-35-6)97-79-77-95-126(21)115(130)107-124(19)106-114(129)125(20)94-76-78-96-127(104-112(141-145(26,27)122(13,14)15)90-75-82-98-135-116(131)92-73-63-57-55-49-43-37-31-2)102-110(139-143(22,23)120(7,8)9)88-71-65-80-99-137-118(133)108(84-67-59-50-44-38-32-3)85-68-60-51-45-39-33-4/h108-113H,30-107H2,1-29H3. The summed E-state index contributed by atoms with van der Waals surface area (Å²) >= 11 is 0. The van der Waals surface area contributed by atoms with Crippen molar-refractivity contribution in [2.24, 2.45) is 11.8 Å². The van der Waals surface area contributed by atoms with Crippen LogP contribution in [-0.4, -0.2) is 231 Å². The van der Waals surface area contributed by atoms with Gasteiger partial charge < -0.3 is 46.5 Å². The predicted octanol–water partition coefficient (Wildman–Crippen LogP) is 34.5. The summed E-state index contributed by atoms with van der Waals surface area (Å²) in [4.78, 5) is 93.5. The van der Waals surface area contributed by atoms with Gasteiger partial charge >= 0.3 is 23.9 Å². The molecule has 0 aromatic carbocycles. The Labute approximate surface area is 910 Å². The molecule has 0 aromatic heterocycles. The first kappa shape index (κ1) is 143. The van der Waals surface area contributed by atoms with E-state index in [4.69, 9.17) is 36.7 Å². The molecule has 0 fully saturated rings. The van der Waals surface area contributed by atoms with E-state index in [2.05, 4.69) is 187 Å². The van der Waals surface area contributed by atoms with Gasteiger partial charge in [0, 0.05) is 66.2 Å². The van der Waals surface area contributed by atoms with Crippen molar-refractivity contribution in [2.75, 3.05) is 113 Å². The molecule has 0 radical (unpaired) electrons. The monoisotopic (exact) mass is 2130 g/mol. The summed E-state index contributed by atoms with van der Waals surface area (Å²) in [6.07, 6.45) is 68.6. The first-order chi connectivity index (χ1) is 69.1. The molecule has 866 valence electrons. The van der Waals surface area contributed by atoms with Gasteiger partial charge in [-0.2, -0.15) is 0 Å². The molecule has 146 heavy (non-hydrogen) atoms. The third-order valence-electron chi connectivity index (χ3n) is 33.0. The van der Waals surface area contributed by atoms with Crippen molar-refractivity contribution < 1.29 is 65.4 Å². The minimum Gasteiger partial charge on any atom is -0.466 e. The molecule has 0 rings (SSSR count). The van der Waals surface area contributed by atoms with Gasteiger partial charge in [-0.15, -0.1) is 0 Å². The summed E-state index contributed by atoms with van der Waals surface area (Å²) in [5.74, 6) is -0.224. The average Bonchev–Trinajstić information content (AvgIpc) is 0.827. The van der Waals surface area contributed by atoms with Gasteiger partial charge in [0.1, 0.15) is 0 Å². The third kappa shape index (κ3) is 74.5. The Morgan fingerprint density at radius 1 is 0.233 bits per heavy atom. The van der Waals surface area contributed by atoms with Gasteiger partial charge in [0.25, 0.3) is 0 Å². The normalized spacial score (nSPS) is 13.7. The van der Waals surface area contributed by atoms with E-state index in [1.165, 1.54) is 212 Å². The van der Waals surface area contributed by atoms with Crippen molar-refractivity contribution in [1.29, 1.82) is 0 Å². The Kier molecular flexibility index (Phi) is 84.1. The van der Waals surface area contributed by atoms with Crippen molar-refractivity contribution in [1.82, 2.24) is 24.5 Å². The number of nitrogens with zero attached hydrogens (tertiary/aromatic N) is 5. The lowest BCUT2D eigenvalue weighted by atomic mass is 9.94. The number of carbonyl (C=O) groups excluding carboxylic acids is 6. The minimum absolute atomic E-state index is 0.00229. The van der Waals surface area contributed by atoms with E-state index in [0.717, 1.165) is 213 Å². The Balaban J connectivity index is 7.15. The molecule has 0 N–H and O–H groups in total. The van der Waals surface area contributed by atoms with Crippen LogP contribution in [0.1, 0.15) is 536 Å². The van der Waals surface area contributed by atoms with E-state index >= 15 is 0 Å². The van der Waals surface area contributed by atoms with Crippen LogP contribution in [0, 0.1) is 11.8 Å². The number of rotatable bonds is 100. The number of ether oxygens (including phenoxy) is 4. The third-order valence-corrected chi connectivity index (χ3v) is 51.1. The van der Waals surface area contributed by atoms with E-state index in [9.17, 15) is 28.8 Å².